The summed E-state index contributed by atoms with van der Waals surface area (Å²) in [7, 11) is -5.08. The minimum Gasteiger partial charge on any atom is -0.394 e. The molecule has 0 aromatic rings. The largest absolute Gasteiger partial charge is 0.397 e. The molecule has 1 aliphatic heterocycles. The van der Waals surface area contributed by atoms with Gasteiger partial charge in [0.05, 0.1) is 25.4 Å². The average Bonchev–Trinajstić information content (AvgIpc) is 3.24. The SMILES string of the molecule is CCCCCCCCCC/C=C/C(O)C(COC1OC(CO)C(O)C(OS(=O)(=O)O)C1O)NC(=O)CCCCCCCCCCCCCCCCCCCCCCCCCCC. The van der Waals surface area contributed by atoms with Crippen LogP contribution < -0.4 is 5.32 Å². The molecule has 0 aliphatic carbocycles. The lowest BCUT2D eigenvalue weighted by molar-refractivity contribution is -0.298. The molecule has 0 radical (unpaired) electrons. The van der Waals surface area contributed by atoms with E-state index in [1.165, 1.54) is 173 Å². The molecule has 7 atom stereocenters. The third kappa shape index (κ3) is 32.5. The summed E-state index contributed by atoms with van der Waals surface area (Å²) in [6.07, 6.45) is 37.1. The highest BCUT2D eigenvalue weighted by Gasteiger charge is 2.48. The number of nitrogens with one attached hydrogen (secondary N) is 1. The zero-order chi connectivity index (χ0) is 45.5. The Bertz CT molecular complexity index is 1160. The zero-order valence-corrected chi connectivity index (χ0v) is 40.3. The predicted octanol–water partition coefficient (Wildman–Crippen LogP) is 10.7. The van der Waals surface area contributed by atoms with Gasteiger partial charge in [0.1, 0.15) is 24.4 Å². The van der Waals surface area contributed by atoms with Crippen LogP contribution in [0.3, 0.4) is 0 Å². The van der Waals surface area contributed by atoms with Crippen molar-refractivity contribution in [2.75, 3.05) is 13.2 Å². The lowest BCUT2D eigenvalue weighted by atomic mass is 9.99. The van der Waals surface area contributed by atoms with Crippen LogP contribution in [-0.4, -0.2) is 95.4 Å². The number of unbranched alkanes of at least 4 members (excludes halogenated alkanes) is 32. The number of ether oxygens (including phenoxy) is 2. The lowest BCUT2D eigenvalue weighted by Gasteiger charge is -2.41. The second-order valence-electron chi connectivity index (χ2n) is 18.1. The monoisotopic (exact) mass is 906 g/mol. The van der Waals surface area contributed by atoms with Crippen LogP contribution in [0.25, 0.3) is 0 Å². The molecule has 62 heavy (non-hydrogen) atoms. The molecule has 0 aromatic carbocycles. The maximum atomic E-state index is 13.0. The Labute approximate surface area is 379 Å². The number of hydrogen-bond donors (Lipinski definition) is 6. The van der Waals surface area contributed by atoms with Crippen molar-refractivity contribution in [3.05, 3.63) is 12.2 Å². The molecule has 0 saturated carbocycles. The Kier molecular flexibility index (Phi) is 38.1. The molecule has 7 unspecified atom stereocenters. The van der Waals surface area contributed by atoms with Gasteiger partial charge in [-0.3, -0.25) is 9.35 Å². The van der Waals surface area contributed by atoms with E-state index in [1.807, 2.05) is 6.08 Å². The molecule has 6 N–H and O–H groups in total. The van der Waals surface area contributed by atoms with Crippen molar-refractivity contribution in [1.82, 2.24) is 5.32 Å². The molecular formula is C49H95NO11S. The molecule has 1 amide bonds. The molecular weight excluding hydrogens is 811 g/mol. The minimum atomic E-state index is -5.08. The summed E-state index contributed by atoms with van der Waals surface area (Å²) in [4.78, 5) is 13.0. The van der Waals surface area contributed by atoms with Crippen LogP contribution in [0, 0.1) is 0 Å². The van der Waals surface area contributed by atoms with Crippen molar-refractivity contribution >= 4 is 16.3 Å². The lowest BCUT2D eigenvalue weighted by Crippen LogP contribution is -2.61. The fourth-order valence-corrected chi connectivity index (χ4v) is 8.85. The summed E-state index contributed by atoms with van der Waals surface area (Å²) in [6.45, 7) is 3.38. The van der Waals surface area contributed by atoms with Gasteiger partial charge >= 0.3 is 10.4 Å². The second kappa shape index (κ2) is 40.1. The first-order valence-corrected chi connectivity index (χ1v) is 26.9. The van der Waals surface area contributed by atoms with E-state index in [9.17, 15) is 38.2 Å². The third-order valence-electron chi connectivity index (χ3n) is 12.3. The van der Waals surface area contributed by atoms with Gasteiger partial charge in [-0.05, 0) is 19.3 Å². The van der Waals surface area contributed by atoms with Crippen LogP contribution in [0.15, 0.2) is 12.2 Å². The number of aliphatic hydroxyl groups is 4. The normalized spacial score (nSPS) is 20.5. The quantitative estimate of drug-likeness (QED) is 0.0194. The fourth-order valence-electron chi connectivity index (χ4n) is 8.34. The first kappa shape index (κ1) is 58.9. The number of amides is 1. The van der Waals surface area contributed by atoms with Gasteiger partial charge in [0.15, 0.2) is 6.29 Å². The number of rotatable bonds is 44. The Morgan fingerprint density at radius 2 is 1.02 bits per heavy atom. The van der Waals surface area contributed by atoms with E-state index in [1.54, 1.807) is 6.08 Å². The van der Waals surface area contributed by atoms with Crippen LogP contribution in [0.1, 0.15) is 239 Å². The van der Waals surface area contributed by atoms with Gasteiger partial charge in [0, 0.05) is 6.42 Å². The van der Waals surface area contributed by atoms with Gasteiger partial charge in [-0.1, -0.05) is 225 Å². The first-order valence-electron chi connectivity index (χ1n) is 25.6. The predicted molar refractivity (Wildman–Crippen MR) is 250 cm³/mol. The molecule has 13 heteroatoms. The maximum absolute atomic E-state index is 13.0. The number of allylic oxidation sites excluding steroid dienone is 1. The van der Waals surface area contributed by atoms with Crippen molar-refractivity contribution in [1.29, 1.82) is 0 Å². The maximum Gasteiger partial charge on any atom is 0.397 e. The van der Waals surface area contributed by atoms with Crippen molar-refractivity contribution in [3.8, 4) is 0 Å². The van der Waals surface area contributed by atoms with E-state index in [2.05, 4.69) is 23.3 Å². The standard InChI is InChI=1S/C49H95NO11S/c1-3-5-7-9-11-13-15-16-17-18-19-20-21-22-23-24-25-26-27-28-29-31-33-35-37-39-45(53)50-42(43(52)38-36-34-32-30-14-12-10-8-6-4-2)41-59-49-47(55)48(61-62(56,57)58)46(54)44(40-51)60-49/h36,38,42-44,46-49,51-52,54-55H,3-35,37,39-41H2,1-2H3,(H,50,53)(H,56,57,58)/b38-36+. The Morgan fingerprint density at radius 3 is 1.40 bits per heavy atom. The zero-order valence-electron chi connectivity index (χ0n) is 39.5. The molecule has 1 rings (SSSR count). The number of carbonyl (C=O) groups excluding carboxylic acids is 1. The first-order chi connectivity index (χ1) is 30.0. The van der Waals surface area contributed by atoms with Crippen molar-refractivity contribution < 1.29 is 51.8 Å². The Hall–Kier alpha value is -1.16. The van der Waals surface area contributed by atoms with Gasteiger partial charge < -0.3 is 35.2 Å². The molecule has 1 saturated heterocycles. The highest BCUT2D eigenvalue weighted by molar-refractivity contribution is 7.80. The van der Waals surface area contributed by atoms with Gasteiger partial charge in [0.2, 0.25) is 5.91 Å². The van der Waals surface area contributed by atoms with E-state index < -0.39 is 59.9 Å². The highest BCUT2D eigenvalue weighted by atomic mass is 32.3. The number of aliphatic hydroxyl groups excluding tert-OH is 4. The Balaban J connectivity index is 2.32. The molecule has 0 aromatic heterocycles. The van der Waals surface area contributed by atoms with Gasteiger partial charge in [-0.2, -0.15) is 8.42 Å². The third-order valence-corrected chi connectivity index (χ3v) is 12.8. The summed E-state index contributed by atoms with van der Waals surface area (Å²) >= 11 is 0. The van der Waals surface area contributed by atoms with E-state index in [4.69, 9.17) is 9.47 Å². The summed E-state index contributed by atoms with van der Waals surface area (Å²) < 4.78 is 47.6. The van der Waals surface area contributed by atoms with Crippen molar-refractivity contribution in [2.24, 2.45) is 0 Å². The molecule has 1 aliphatic rings. The van der Waals surface area contributed by atoms with Gasteiger partial charge in [-0.25, -0.2) is 4.18 Å². The van der Waals surface area contributed by atoms with E-state index in [0.29, 0.717) is 6.42 Å². The second-order valence-corrected chi connectivity index (χ2v) is 19.2. The summed E-state index contributed by atoms with van der Waals surface area (Å²) in [5.41, 5.74) is 0. The topological polar surface area (TPSA) is 192 Å². The van der Waals surface area contributed by atoms with Crippen molar-refractivity contribution in [3.63, 3.8) is 0 Å². The number of carbonyl (C=O) groups is 1. The molecule has 0 spiro atoms. The van der Waals surface area contributed by atoms with Crippen LogP contribution in [0.5, 0.6) is 0 Å². The van der Waals surface area contributed by atoms with Gasteiger partial charge in [0.25, 0.3) is 0 Å². The van der Waals surface area contributed by atoms with E-state index >= 15 is 0 Å². The van der Waals surface area contributed by atoms with Crippen LogP contribution in [-0.2, 0) is 28.9 Å². The van der Waals surface area contributed by atoms with E-state index in [-0.39, 0.29) is 18.9 Å². The minimum absolute atomic E-state index is 0.260. The molecule has 1 fully saturated rings. The Morgan fingerprint density at radius 1 is 0.629 bits per heavy atom. The van der Waals surface area contributed by atoms with Crippen LogP contribution in [0.2, 0.25) is 0 Å². The van der Waals surface area contributed by atoms with Crippen LogP contribution in [0.4, 0.5) is 0 Å². The molecule has 1 heterocycles. The van der Waals surface area contributed by atoms with E-state index in [0.717, 1.165) is 38.5 Å². The smallest absolute Gasteiger partial charge is 0.394 e. The van der Waals surface area contributed by atoms with Gasteiger partial charge in [-0.15, -0.1) is 0 Å². The average molecular weight is 906 g/mol. The van der Waals surface area contributed by atoms with Crippen LogP contribution >= 0.6 is 0 Å². The fraction of sp³-hybridized carbons (Fsp3) is 0.939. The molecule has 0 bridgehead atoms. The number of hydrogen-bond acceptors (Lipinski definition) is 10. The summed E-state index contributed by atoms with van der Waals surface area (Å²) in [5, 5.41) is 44.7. The van der Waals surface area contributed by atoms with Crippen molar-refractivity contribution in [2.45, 2.75) is 281 Å². The molecule has 368 valence electrons. The molecule has 12 nitrogen and oxygen atoms in total. The highest BCUT2D eigenvalue weighted by Crippen LogP contribution is 2.26. The summed E-state index contributed by atoms with van der Waals surface area (Å²) in [5.74, 6) is -0.260. The summed E-state index contributed by atoms with van der Waals surface area (Å²) in [6, 6.07) is -0.937.